The average molecular weight is 398 g/mol. The Kier molecular flexibility index (Phi) is 9.76. The van der Waals surface area contributed by atoms with E-state index in [9.17, 15) is 8.42 Å². The number of benzene rings is 1. The van der Waals surface area contributed by atoms with Crippen LogP contribution in [0.2, 0.25) is 0 Å². The summed E-state index contributed by atoms with van der Waals surface area (Å²) in [4.78, 5) is 2.23. The van der Waals surface area contributed by atoms with Gasteiger partial charge in [-0.05, 0) is 24.0 Å². The van der Waals surface area contributed by atoms with E-state index in [0.29, 0.717) is 13.0 Å². The van der Waals surface area contributed by atoms with Gasteiger partial charge in [0.1, 0.15) is 0 Å². The predicted octanol–water partition coefficient (Wildman–Crippen LogP) is 4.76. The van der Waals surface area contributed by atoms with Crippen molar-refractivity contribution in [2.24, 2.45) is 0 Å². The molecule has 27 heavy (non-hydrogen) atoms. The minimum Gasteiger partial charge on any atom is -0.296 e. The monoisotopic (exact) mass is 397 g/mol. The molecule has 0 amide bonds. The van der Waals surface area contributed by atoms with Gasteiger partial charge in [0.05, 0.1) is 6.10 Å². The van der Waals surface area contributed by atoms with Crippen molar-refractivity contribution < 1.29 is 17.2 Å². The summed E-state index contributed by atoms with van der Waals surface area (Å²) >= 11 is 0. The van der Waals surface area contributed by atoms with Crippen LogP contribution in [-0.2, 0) is 27.5 Å². The first kappa shape index (κ1) is 22.3. The summed E-state index contributed by atoms with van der Waals surface area (Å²) in [5.41, 5.74) is 2.66. The molecule has 1 atom stereocenters. The van der Waals surface area contributed by atoms with Crippen LogP contribution in [0.15, 0.2) is 24.3 Å². The highest BCUT2D eigenvalue weighted by atomic mass is 32.3. The third kappa shape index (κ3) is 9.19. The van der Waals surface area contributed by atoms with Crippen molar-refractivity contribution in [2.45, 2.75) is 83.8 Å². The number of nitrogens with zero attached hydrogens (tertiary/aromatic N) is 1. The molecule has 5 nitrogen and oxygen atoms in total. The van der Waals surface area contributed by atoms with Gasteiger partial charge in [0.2, 0.25) is 0 Å². The molecule has 1 aliphatic heterocycles. The quantitative estimate of drug-likeness (QED) is 0.384. The number of unbranched alkanes of at least 4 members (excludes halogenated alkanes) is 7. The second-order valence-corrected chi connectivity index (χ2v) is 8.71. The van der Waals surface area contributed by atoms with Crippen molar-refractivity contribution in [3.05, 3.63) is 35.4 Å². The molecule has 1 heterocycles. The minimum atomic E-state index is -4.42. The van der Waals surface area contributed by atoms with Gasteiger partial charge >= 0.3 is 10.4 Å². The Hall–Kier alpha value is -0.950. The standard InChI is InChI=1S/C21H35NO4S/c1-2-3-4-5-6-7-8-9-14-21(26-27(23,24)25)18-22-16-15-19-12-10-11-13-20(19)17-22/h10-13,21H,2-9,14-18H2,1H3,(H,23,24,25). The SMILES string of the molecule is CCCCCCCCCCC(CN1CCc2ccccc2C1)OS(=O)(=O)O. The number of fused-ring (bicyclic) bond motifs is 1. The van der Waals surface area contributed by atoms with Gasteiger partial charge in [-0.15, -0.1) is 0 Å². The molecule has 1 aromatic carbocycles. The van der Waals surface area contributed by atoms with Gasteiger partial charge in [-0.1, -0.05) is 82.6 Å². The van der Waals surface area contributed by atoms with E-state index in [0.717, 1.165) is 32.4 Å². The Labute approximate surface area is 165 Å². The zero-order chi connectivity index (χ0) is 19.5. The topological polar surface area (TPSA) is 66.8 Å². The summed E-state index contributed by atoms with van der Waals surface area (Å²) in [7, 11) is -4.42. The first-order valence-electron chi connectivity index (χ1n) is 10.4. The number of rotatable bonds is 13. The summed E-state index contributed by atoms with van der Waals surface area (Å²) < 4.78 is 36.6. The Bertz CT molecular complexity index is 647. The third-order valence-corrected chi connectivity index (χ3v) is 5.82. The zero-order valence-electron chi connectivity index (χ0n) is 16.6. The maximum atomic E-state index is 11.2. The van der Waals surface area contributed by atoms with Crippen molar-refractivity contribution in [1.82, 2.24) is 4.90 Å². The lowest BCUT2D eigenvalue weighted by Crippen LogP contribution is -2.38. The van der Waals surface area contributed by atoms with E-state index in [1.807, 2.05) is 6.07 Å². The molecule has 1 aliphatic rings. The highest BCUT2D eigenvalue weighted by Gasteiger charge is 2.23. The van der Waals surface area contributed by atoms with Crippen molar-refractivity contribution in [2.75, 3.05) is 13.1 Å². The molecule has 154 valence electrons. The van der Waals surface area contributed by atoms with Crippen molar-refractivity contribution in [3.63, 3.8) is 0 Å². The highest BCUT2D eigenvalue weighted by molar-refractivity contribution is 7.80. The van der Waals surface area contributed by atoms with Gasteiger partial charge < -0.3 is 0 Å². The van der Waals surface area contributed by atoms with E-state index in [4.69, 9.17) is 8.74 Å². The molecule has 1 unspecified atom stereocenters. The van der Waals surface area contributed by atoms with Gasteiger partial charge in [-0.25, -0.2) is 4.18 Å². The first-order valence-corrected chi connectivity index (χ1v) is 11.8. The van der Waals surface area contributed by atoms with Crippen LogP contribution < -0.4 is 0 Å². The fourth-order valence-corrected chi connectivity index (χ4v) is 4.35. The van der Waals surface area contributed by atoms with Crippen LogP contribution in [0, 0.1) is 0 Å². The summed E-state index contributed by atoms with van der Waals surface area (Å²) in [6, 6.07) is 8.37. The van der Waals surface area contributed by atoms with Crippen LogP contribution in [0.4, 0.5) is 0 Å². The van der Waals surface area contributed by atoms with Crippen LogP contribution in [0.1, 0.15) is 75.8 Å². The molecular weight excluding hydrogens is 362 g/mol. The van der Waals surface area contributed by atoms with Gasteiger partial charge in [0.15, 0.2) is 0 Å². The van der Waals surface area contributed by atoms with Crippen LogP contribution in [0.3, 0.4) is 0 Å². The molecule has 6 heteroatoms. The highest BCUT2D eigenvalue weighted by Crippen LogP contribution is 2.20. The lowest BCUT2D eigenvalue weighted by Gasteiger charge is -2.31. The third-order valence-electron chi connectivity index (χ3n) is 5.31. The Morgan fingerprint density at radius 3 is 2.33 bits per heavy atom. The second kappa shape index (κ2) is 11.8. The molecule has 0 saturated heterocycles. The van der Waals surface area contributed by atoms with Crippen LogP contribution in [-0.4, -0.2) is 37.1 Å². The fourth-order valence-electron chi connectivity index (χ4n) is 3.85. The Morgan fingerprint density at radius 1 is 1.04 bits per heavy atom. The molecule has 0 bridgehead atoms. The summed E-state index contributed by atoms with van der Waals surface area (Å²) in [6.45, 7) is 4.44. The smallest absolute Gasteiger partial charge is 0.296 e. The molecule has 0 aromatic heterocycles. The summed E-state index contributed by atoms with van der Waals surface area (Å²) in [5.74, 6) is 0. The molecule has 1 aromatic rings. The average Bonchev–Trinajstić information content (AvgIpc) is 2.62. The Morgan fingerprint density at radius 2 is 1.67 bits per heavy atom. The number of hydrogen-bond donors (Lipinski definition) is 1. The van der Waals surface area contributed by atoms with Gasteiger partial charge in [0, 0.05) is 19.6 Å². The van der Waals surface area contributed by atoms with Gasteiger partial charge in [0.25, 0.3) is 0 Å². The van der Waals surface area contributed by atoms with Crippen LogP contribution >= 0.6 is 0 Å². The second-order valence-electron chi connectivity index (χ2n) is 7.66. The molecule has 0 fully saturated rings. The van der Waals surface area contributed by atoms with E-state index < -0.39 is 16.5 Å². The summed E-state index contributed by atoms with van der Waals surface area (Å²) in [5, 5.41) is 0. The predicted molar refractivity (Wildman–Crippen MR) is 109 cm³/mol. The molecular formula is C21H35NO4S. The maximum Gasteiger partial charge on any atom is 0.397 e. The van der Waals surface area contributed by atoms with Crippen molar-refractivity contribution in [3.8, 4) is 0 Å². The number of hydrogen-bond acceptors (Lipinski definition) is 4. The van der Waals surface area contributed by atoms with E-state index in [1.165, 1.54) is 49.7 Å². The first-order chi connectivity index (χ1) is 13.0. The molecule has 1 N–H and O–H groups in total. The van der Waals surface area contributed by atoms with Gasteiger partial charge in [-0.3, -0.25) is 9.45 Å². The van der Waals surface area contributed by atoms with E-state index in [1.54, 1.807) is 0 Å². The van der Waals surface area contributed by atoms with Gasteiger partial charge in [-0.2, -0.15) is 8.42 Å². The minimum absolute atomic E-state index is 0.481. The van der Waals surface area contributed by atoms with E-state index in [-0.39, 0.29) is 0 Å². The molecule has 0 saturated carbocycles. The maximum absolute atomic E-state index is 11.2. The lowest BCUT2D eigenvalue weighted by molar-refractivity contribution is 0.108. The lowest BCUT2D eigenvalue weighted by atomic mass is 9.99. The van der Waals surface area contributed by atoms with E-state index in [2.05, 4.69) is 30.0 Å². The molecule has 0 radical (unpaired) electrons. The Balaban J connectivity index is 1.75. The zero-order valence-corrected chi connectivity index (χ0v) is 17.4. The molecule has 0 aliphatic carbocycles. The normalized spacial score (nSPS) is 16.2. The molecule has 2 rings (SSSR count). The van der Waals surface area contributed by atoms with Crippen molar-refractivity contribution >= 4 is 10.4 Å². The fraction of sp³-hybridized carbons (Fsp3) is 0.714. The van der Waals surface area contributed by atoms with Crippen LogP contribution in [0.5, 0.6) is 0 Å². The van der Waals surface area contributed by atoms with E-state index >= 15 is 0 Å². The largest absolute Gasteiger partial charge is 0.397 e. The van der Waals surface area contributed by atoms with Crippen LogP contribution in [0.25, 0.3) is 0 Å². The summed E-state index contributed by atoms with van der Waals surface area (Å²) in [6.07, 6.45) is 10.7. The van der Waals surface area contributed by atoms with Crippen molar-refractivity contribution in [1.29, 1.82) is 0 Å². The molecule has 0 spiro atoms.